The van der Waals surface area contributed by atoms with Crippen molar-refractivity contribution in [3.8, 4) is 0 Å². The van der Waals surface area contributed by atoms with Crippen LogP contribution in [-0.4, -0.2) is 26.9 Å². The number of hydrogen-bond acceptors (Lipinski definition) is 3. The minimum Gasteiger partial charge on any atom is -0.311 e. The summed E-state index contributed by atoms with van der Waals surface area (Å²) < 4.78 is 27.7. The van der Waals surface area contributed by atoms with Gasteiger partial charge in [-0.05, 0) is 42.7 Å². The minimum atomic E-state index is -3.71. The van der Waals surface area contributed by atoms with E-state index in [0.717, 1.165) is 24.1 Å². The van der Waals surface area contributed by atoms with Crippen LogP contribution in [0.1, 0.15) is 25.3 Å². The van der Waals surface area contributed by atoms with Crippen molar-refractivity contribution in [1.82, 2.24) is 4.72 Å². The van der Waals surface area contributed by atoms with Gasteiger partial charge in [0.2, 0.25) is 15.9 Å². The lowest BCUT2D eigenvalue weighted by molar-refractivity contribution is -0.118. The van der Waals surface area contributed by atoms with Crippen molar-refractivity contribution in [2.24, 2.45) is 0 Å². The second kappa shape index (κ2) is 7.37. The second-order valence-corrected chi connectivity index (χ2v) is 7.90. The van der Waals surface area contributed by atoms with E-state index in [9.17, 15) is 13.2 Å². The maximum absolute atomic E-state index is 12.6. The Morgan fingerprint density at radius 1 is 1.08 bits per heavy atom. The van der Waals surface area contributed by atoms with Crippen LogP contribution in [0.15, 0.2) is 59.5 Å². The molecule has 1 unspecified atom stereocenters. The molecule has 0 aliphatic carbocycles. The Morgan fingerprint density at radius 3 is 2.40 bits per heavy atom. The first kappa shape index (κ1) is 17.6. The lowest BCUT2D eigenvalue weighted by atomic mass is 10.1. The third-order valence-corrected chi connectivity index (χ3v) is 5.83. The Kier molecular flexibility index (Phi) is 5.20. The molecule has 1 amide bonds. The fraction of sp³-hybridized carbons (Fsp3) is 0.316. The number of carbonyl (C=O) groups is 1. The van der Waals surface area contributed by atoms with Crippen LogP contribution < -0.4 is 9.62 Å². The molecule has 6 heteroatoms. The molecule has 0 radical (unpaired) electrons. The summed E-state index contributed by atoms with van der Waals surface area (Å²) in [4.78, 5) is 14.4. The van der Waals surface area contributed by atoms with E-state index in [1.54, 1.807) is 17.0 Å². The van der Waals surface area contributed by atoms with Gasteiger partial charge < -0.3 is 4.90 Å². The molecule has 1 atom stereocenters. The molecule has 0 bridgehead atoms. The van der Waals surface area contributed by atoms with Crippen LogP contribution in [0.25, 0.3) is 0 Å². The maximum atomic E-state index is 12.6. The SMILES string of the molecule is CCCc1ccc(S(=O)(=O)NC2CCN(c3ccccc3)C2=O)cc1. The molecule has 2 aromatic carbocycles. The molecule has 132 valence electrons. The molecule has 3 rings (SSSR count). The van der Waals surface area contributed by atoms with Crippen LogP contribution in [0.3, 0.4) is 0 Å². The molecule has 1 aliphatic rings. The third-order valence-electron chi connectivity index (χ3n) is 4.34. The van der Waals surface area contributed by atoms with E-state index in [1.165, 1.54) is 0 Å². The second-order valence-electron chi connectivity index (χ2n) is 6.18. The van der Waals surface area contributed by atoms with Gasteiger partial charge >= 0.3 is 0 Å². The number of nitrogens with one attached hydrogen (secondary N) is 1. The normalized spacial score (nSPS) is 17.9. The Labute approximate surface area is 148 Å². The minimum absolute atomic E-state index is 0.193. The highest BCUT2D eigenvalue weighted by Gasteiger charge is 2.35. The Bertz CT molecular complexity index is 833. The molecule has 0 aromatic heterocycles. The van der Waals surface area contributed by atoms with Crippen molar-refractivity contribution in [1.29, 1.82) is 0 Å². The predicted molar refractivity (Wildman–Crippen MR) is 98.0 cm³/mol. The lowest BCUT2D eigenvalue weighted by Gasteiger charge is -2.17. The van der Waals surface area contributed by atoms with Crippen molar-refractivity contribution in [2.75, 3.05) is 11.4 Å². The van der Waals surface area contributed by atoms with E-state index in [4.69, 9.17) is 0 Å². The van der Waals surface area contributed by atoms with Gasteiger partial charge in [-0.1, -0.05) is 43.7 Å². The molecule has 25 heavy (non-hydrogen) atoms. The van der Waals surface area contributed by atoms with E-state index in [0.29, 0.717) is 13.0 Å². The van der Waals surface area contributed by atoms with Crippen molar-refractivity contribution < 1.29 is 13.2 Å². The zero-order valence-electron chi connectivity index (χ0n) is 14.2. The summed E-state index contributed by atoms with van der Waals surface area (Å²) in [7, 11) is -3.71. The summed E-state index contributed by atoms with van der Waals surface area (Å²) in [5.74, 6) is -0.211. The molecular weight excluding hydrogens is 336 g/mol. The highest BCUT2D eigenvalue weighted by Crippen LogP contribution is 2.22. The summed E-state index contributed by atoms with van der Waals surface area (Å²) in [5.41, 5.74) is 1.90. The van der Waals surface area contributed by atoms with E-state index < -0.39 is 16.1 Å². The van der Waals surface area contributed by atoms with E-state index in [2.05, 4.69) is 11.6 Å². The summed E-state index contributed by atoms with van der Waals surface area (Å²) in [6.07, 6.45) is 2.39. The number of anilines is 1. The largest absolute Gasteiger partial charge is 0.311 e. The standard InChI is InChI=1S/C19H22N2O3S/c1-2-6-15-9-11-17(12-10-15)25(23,24)20-18-13-14-21(19(18)22)16-7-4-3-5-8-16/h3-5,7-12,18,20H,2,6,13-14H2,1H3. The number of carbonyl (C=O) groups excluding carboxylic acids is 1. The van der Waals surface area contributed by atoms with Crippen LogP contribution in [0.2, 0.25) is 0 Å². The van der Waals surface area contributed by atoms with Gasteiger partial charge in [-0.15, -0.1) is 0 Å². The van der Waals surface area contributed by atoms with Gasteiger partial charge in [0.1, 0.15) is 6.04 Å². The lowest BCUT2D eigenvalue weighted by Crippen LogP contribution is -2.41. The summed E-state index contributed by atoms with van der Waals surface area (Å²) in [6.45, 7) is 2.59. The van der Waals surface area contributed by atoms with Crippen molar-refractivity contribution >= 4 is 21.6 Å². The Balaban J connectivity index is 1.72. The molecular formula is C19H22N2O3S. The maximum Gasteiger partial charge on any atom is 0.245 e. The quantitative estimate of drug-likeness (QED) is 0.863. The Hall–Kier alpha value is -2.18. The van der Waals surface area contributed by atoms with E-state index >= 15 is 0 Å². The van der Waals surface area contributed by atoms with Crippen molar-refractivity contribution in [3.05, 3.63) is 60.2 Å². The molecule has 0 spiro atoms. The number of benzene rings is 2. The molecule has 0 saturated carbocycles. The van der Waals surface area contributed by atoms with Gasteiger partial charge in [0, 0.05) is 12.2 Å². The van der Waals surface area contributed by atoms with Crippen LogP contribution >= 0.6 is 0 Å². The van der Waals surface area contributed by atoms with Gasteiger partial charge in [0.05, 0.1) is 4.90 Å². The average molecular weight is 358 g/mol. The fourth-order valence-electron chi connectivity index (χ4n) is 3.03. The Morgan fingerprint density at radius 2 is 1.76 bits per heavy atom. The van der Waals surface area contributed by atoms with Gasteiger partial charge in [0.25, 0.3) is 0 Å². The van der Waals surface area contributed by atoms with Crippen LogP contribution in [0, 0.1) is 0 Å². The average Bonchev–Trinajstić information content (AvgIpc) is 2.97. The molecule has 5 nitrogen and oxygen atoms in total. The predicted octanol–water partition coefficient (Wildman–Crippen LogP) is 2.72. The first-order chi connectivity index (χ1) is 12.0. The van der Waals surface area contributed by atoms with Gasteiger partial charge in [-0.25, -0.2) is 8.42 Å². The number of aryl methyl sites for hydroxylation is 1. The number of rotatable bonds is 6. The molecule has 1 aliphatic heterocycles. The topological polar surface area (TPSA) is 66.5 Å². The zero-order chi connectivity index (χ0) is 17.9. The molecule has 1 saturated heterocycles. The molecule has 2 aromatic rings. The van der Waals surface area contributed by atoms with Gasteiger partial charge in [-0.3, -0.25) is 4.79 Å². The highest BCUT2D eigenvalue weighted by molar-refractivity contribution is 7.89. The van der Waals surface area contributed by atoms with Crippen LogP contribution in [-0.2, 0) is 21.2 Å². The summed E-state index contributed by atoms with van der Waals surface area (Å²) in [6, 6.07) is 15.4. The highest BCUT2D eigenvalue weighted by atomic mass is 32.2. The van der Waals surface area contributed by atoms with Gasteiger partial charge in [0.15, 0.2) is 0 Å². The molecule has 1 N–H and O–H groups in total. The van der Waals surface area contributed by atoms with Crippen LogP contribution in [0.4, 0.5) is 5.69 Å². The smallest absolute Gasteiger partial charge is 0.245 e. The molecule has 1 heterocycles. The number of nitrogens with zero attached hydrogens (tertiary/aromatic N) is 1. The monoisotopic (exact) mass is 358 g/mol. The van der Waals surface area contributed by atoms with Crippen molar-refractivity contribution in [2.45, 2.75) is 37.1 Å². The first-order valence-electron chi connectivity index (χ1n) is 8.49. The van der Waals surface area contributed by atoms with E-state index in [-0.39, 0.29) is 10.8 Å². The number of para-hydroxylation sites is 1. The third kappa shape index (κ3) is 3.91. The van der Waals surface area contributed by atoms with Crippen LogP contribution in [0.5, 0.6) is 0 Å². The zero-order valence-corrected chi connectivity index (χ0v) is 15.0. The van der Waals surface area contributed by atoms with Crippen molar-refractivity contribution in [3.63, 3.8) is 0 Å². The van der Waals surface area contributed by atoms with Gasteiger partial charge in [-0.2, -0.15) is 4.72 Å². The number of sulfonamides is 1. The number of amides is 1. The molecule has 1 fully saturated rings. The van der Waals surface area contributed by atoms with E-state index in [1.807, 2.05) is 42.5 Å². The summed E-state index contributed by atoms with van der Waals surface area (Å²) >= 11 is 0. The fourth-order valence-corrected chi connectivity index (χ4v) is 4.26. The first-order valence-corrected chi connectivity index (χ1v) is 9.97. The summed E-state index contributed by atoms with van der Waals surface area (Å²) in [5, 5.41) is 0. The number of hydrogen-bond donors (Lipinski definition) is 1.